The molecule has 0 amide bonds. The first kappa shape index (κ1) is 21.3. The van der Waals surface area contributed by atoms with Crippen molar-refractivity contribution in [2.45, 2.75) is 24.4 Å². The van der Waals surface area contributed by atoms with Crippen molar-refractivity contribution in [1.82, 2.24) is 0 Å². The van der Waals surface area contributed by atoms with Crippen LogP contribution < -0.4 is 0 Å². The van der Waals surface area contributed by atoms with E-state index in [-0.39, 0.29) is 0 Å². The molecule has 0 saturated carbocycles. The van der Waals surface area contributed by atoms with Gasteiger partial charge in [-0.3, -0.25) is 9.59 Å². The summed E-state index contributed by atoms with van der Waals surface area (Å²) >= 11 is 0. The molecule has 0 unspecified atom stereocenters. The molecular weight excluding hydrogens is 280 g/mol. The first-order valence-corrected chi connectivity index (χ1v) is 5.47. The van der Waals surface area contributed by atoms with E-state index in [2.05, 4.69) is 0 Å². The van der Waals surface area contributed by atoms with Crippen LogP contribution >= 0.6 is 0 Å². The summed E-state index contributed by atoms with van der Waals surface area (Å²) in [6.07, 6.45) is -6.37. The Balaban J connectivity index is 0. The quantitative estimate of drug-likeness (QED) is 0.214. The number of aliphatic hydroxyl groups is 8. The van der Waals surface area contributed by atoms with E-state index in [0.717, 1.165) is 0 Å². The maximum atomic E-state index is 10.3. The summed E-state index contributed by atoms with van der Waals surface area (Å²) in [5.41, 5.74) is 0. The van der Waals surface area contributed by atoms with E-state index in [4.69, 9.17) is 40.9 Å². The highest BCUT2D eigenvalue weighted by Gasteiger charge is 2.22. The highest BCUT2D eigenvalue weighted by Crippen LogP contribution is 1.93. The lowest BCUT2D eigenvalue weighted by molar-refractivity contribution is -0.137. The van der Waals surface area contributed by atoms with Crippen molar-refractivity contribution in [2.75, 3.05) is 26.4 Å². The Morgan fingerprint density at radius 2 is 0.900 bits per heavy atom. The molecule has 0 aromatic carbocycles. The van der Waals surface area contributed by atoms with Gasteiger partial charge in [-0.25, -0.2) is 0 Å². The third kappa shape index (κ3) is 8.24. The lowest BCUT2D eigenvalue weighted by Gasteiger charge is -2.11. The minimum atomic E-state index is -1.69. The zero-order chi connectivity index (χ0) is 16.3. The fourth-order valence-corrected chi connectivity index (χ4v) is 0.816. The van der Waals surface area contributed by atoms with Crippen molar-refractivity contribution >= 4 is 11.6 Å². The van der Waals surface area contributed by atoms with Crippen LogP contribution in [0.25, 0.3) is 0 Å². The number of hydrogen-bond donors (Lipinski definition) is 8. The van der Waals surface area contributed by atoms with Crippen LogP contribution in [-0.2, 0) is 9.59 Å². The third-order valence-electron chi connectivity index (χ3n) is 2.07. The summed E-state index contributed by atoms with van der Waals surface area (Å²) in [6, 6.07) is 0. The van der Waals surface area contributed by atoms with Crippen LogP contribution in [0.4, 0.5) is 0 Å². The van der Waals surface area contributed by atoms with Crippen molar-refractivity contribution in [2.24, 2.45) is 0 Å². The highest BCUT2D eigenvalue weighted by atomic mass is 16.4. The molecule has 0 saturated heterocycles. The number of hydrogen-bond acceptors (Lipinski definition) is 10. The standard InChI is InChI=1S/2C5H10O5/c2*6-1-3(8)5(10)4(9)2-7/h2*3,5-8,10H,1-2H2/t2*3-,5-/m11/s1. The average molecular weight is 300 g/mol. The fraction of sp³-hybridized carbons (Fsp3) is 0.800. The average Bonchev–Trinajstić information content (AvgIpc) is 2.50. The molecule has 10 heteroatoms. The van der Waals surface area contributed by atoms with E-state index >= 15 is 0 Å². The summed E-state index contributed by atoms with van der Waals surface area (Å²) in [6.45, 7) is -3.07. The van der Waals surface area contributed by atoms with Gasteiger partial charge in [0.2, 0.25) is 0 Å². The molecule has 0 heterocycles. The molecule has 0 spiro atoms. The molecule has 0 aliphatic carbocycles. The summed E-state index contributed by atoms with van der Waals surface area (Å²) in [7, 11) is 0. The highest BCUT2D eigenvalue weighted by molar-refractivity contribution is 5.84. The Morgan fingerprint density at radius 1 is 0.650 bits per heavy atom. The van der Waals surface area contributed by atoms with Gasteiger partial charge in [-0.1, -0.05) is 0 Å². The van der Waals surface area contributed by atoms with Crippen LogP contribution in [0.1, 0.15) is 0 Å². The van der Waals surface area contributed by atoms with Crippen molar-refractivity contribution in [1.29, 1.82) is 0 Å². The second kappa shape index (κ2) is 11.8. The minimum Gasteiger partial charge on any atom is -0.394 e. The van der Waals surface area contributed by atoms with Crippen molar-refractivity contribution in [3.63, 3.8) is 0 Å². The molecule has 120 valence electrons. The van der Waals surface area contributed by atoms with Crippen molar-refractivity contribution in [3.8, 4) is 0 Å². The maximum absolute atomic E-state index is 10.3. The summed E-state index contributed by atoms with van der Waals surface area (Å²) in [4.78, 5) is 20.7. The lowest BCUT2D eigenvalue weighted by atomic mass is 10.1. The second-order valence-corrected chi connectivity index (χ2v) is 3.64. The molecule has 0 aliphatic heterocycles. The van der Waals surface area contributed by atoms with E-state index in [9.17, 15) is 9.59 Å². The summed E-state index contributed by atoms with van der Waals surface area (Å²) in [5.74, 6) is -1.80. The predicted octanol–water partition coefficient (Wildman–Crippen LogP) is -5.48. The van der Waals surface area contributed by atoms with Gasteiger partial charge in [-0.2, -0.15) is 0 Å². The first-order valence-electron chi connectivity index (χ1n) is 5.47. The minimum absolute atomic E-state index is 0.701. The number of carbonyl (C=O) groups is 2. The molecule has 4 atom stereocenters. The van der Waals surface area contributed by atoms with E-state index < -0.39 is 62.4 Å². The smallest absolute Gasteiger partial charge is 0.189 e. The molecule has 0 bridgehead atoms. The summed E-state index contributed by atoms with van der Waals surface area (Å²) < 4.78 is 0. The number of aliphatic hydroxyl groups excluding tert-OH is 8. The Bertz CT molecular complexity index is 253. The topological polar surface area (TPSA) is 196 Å². The van der Waals surface area contributed by atoms with E-state index in [1.54, 1.807) is 0 Å². The van der Waals surface area contributed by atoms with Gasteiger partial charge in [0.1, 0.15) is 37.6 Å². The van der Waals surface area contributed by atoms with Gasteiger partial charge in [0.15, 0.2) is 11.6 Å². The Morgan fingerprint density at radius 3 is 1.05 bits per heavy atom. The van der Waals surface area contributed by atoms with E-state index in [1.807, 2.05) is 0 Å². The number of Topliss-reactive ketones (excluding diaryl/α,β-unsaturated/α-hetero) is 2. The molecule has 8 N–H and O–H groups in total. The predicted molar refractivity (Wildman–Crippen MR) is 62.4 cm³/mol. The Labute approximate surface area is 114 Å². The molecular formula is C10H20O10. The van der Waals surface area contributed by atoms with Crippen LogP contribution in [-0.4, -0.2) is 103 Å². The second-order valence-electron chi connectivity index (χ2n) is 3.64. The fourth-order valence-electron chi connectivity index (χ4n) is 0.816. The Kier molecular flexibility index (Phi) is 12.6. The normalized spacial score (nSPS) is 16.4. The largest absolute Gasteiger partial charge is 0.394 e. The van der Waals surface area contributed by atoms with Crippen LogP contribution in [0.15, 0.2) is 0 Å². The van der Waals surface area contributed by atoms with Gasteiger partial charge in [0, 0.05) is 0 Å². The zero-order valence-corrected chi connectivity index (χ0v) is 10.5. The third-order valence-corrected chi connectivity index (χ3v) is 2.07. The maximum Gasteiger partial charge on any atom is 0.189 e. The first-order chi connectivity index (χ1) is 9.26. The molecule has 0 aromatic heterocycles. The van der Waals surface area contributed by atoms with E-state index in [1.165, 1.54) is 0 Å². The molecule has 0 fully saturated rings. The van der Waals surface area contributed by atoms with Crippen LogP contribution in [0.5, 0.6) is 0 Å². The molecule has 10 nitrogen and oxygen atoms in total. The number of ketones is 2. The Hall–Kier alpha value is -0.980. The summed E-state index contributed by atoms with van der Waals surface area (Å²) in [5, 5.41) is 67.2. The number of rotatable bonds is 8. The van der Waals surface area contributed by atoms with Gasteiger partial charge in [0.25, 0.3) is 0 Å². The van der Waals surface area contributed by atoms with Gasteiger partial charge in [-0.15, -0.1) is 0 Å². The zero-order valence-electron chi connectivity index (χ0n) is 10.5. The van der Waals surface area contributed by atoms with Gasteiger partial charge in [-0.05, 0) is 0 Å². The molecule has 0 rings (SSSR count). The molecule has 0 aliphatic rings. The van der Waals surface area contributed by atoms with Gasteiger partial charge in [0.05, 0.1) is 13.2 Å². The van der Waals surface area contributed by atoms with Crippen molar-refractivity contribution in [3.05, 3.63) is 0 Å². The SMILES string of the molecule is O=C(CO)[C@H](O)[C@H](O)CO.O=C(CO)[C@H](O)[C@H](O)CO. The van der Waals surface area contributed by atoms with Crippen LogP contribution in [0.2, 0.25) is 0 Å². The van der Waals surface area contributed by atoms with Gasteiger partial charge < -0.3 is 40.9 Å². The van der Waals surface area contributed by atoms with Crippen LogP contribution in [0, 0.1) is 0 Å². The molecule has 20 heavy (non-hydrogen) atoms. The molecule has 0 radical (unpaired) electrons. The number of carbonyl (C=O) groups excluding carboxylic acids is 2. The van der Waals surface area contributed by atoms with E-state index in [0.29, 0.717) is 0 Å². The van der Waals surface area contributed by atoms with Crippen molar-refractivity contribution < 1.29 is 50.4 Å². The lowest BCUT2D eigenvalue weighted by Crippen LogP contribution is -2.37. The molecule has 0 aromatic rings. The van der Waals surface area contributed by atoms with Gasteiger partial charge >= 0.3 is 0 Å². The van der Waals surface area contributed by atoms with Crippen LogP contribution in [0.3, 0.4) is 0 Å². The monoisotopic (exact) mass is 300 g/mol.